The van der Waals surface area contributed by atoms with Gasteiger partial charge in [-0.2, -0.15) is 0 Å². The normalized spacial score (nSPS) is 10.5. The van der Waals surface area contributed by atoms with E-state index in [1.165, 1.54) is 0 Å². The summed E-state index contributed by atoms with van der Waals surface area (Å²) in [5, 5.41) is 1.31. The van der Waals surface area contributed by atoms with Gasteiger partial charge in [0.25, 0.3) is 0 Å². The highest BCUT2D eigenvalue weighted by Crippen LogP contribution is 2.21. The van der Waals surface area contributed by atoms with E-state index in [9.17, 15) is 0 Å². The lowest BCUT2D eigenvalue weighted by Gasteiger charge is -2.05. The number of rotatable bonds is 4. The summed E-state index contributed by atoms with van der Waals surface area (Å²) in [6, 6.07) is 14.9. The van der Waals surface area contributed by atoms with Crippen LogP contribution in [0.2, 0.25) is 10.0 Å². The van der Waals surface area contributed by atoms with Crippen LogP contribution < -0.4 is 0 Å². The molecule has 3 heteroatoms. The number of ether oxygens (including phenoxy) is 1. The average Bonchev–Trinajstić information content (AvgIpc) is 2.34. The number of hydrogen-bond donors (Lipinski definition) is 0. The molecule has 0 heterocycles. The van der Waals surface area contributed by atoms with Gasteiger partial charge in [-0.3, -0.25) is 0 Å². The van der Waals surface area contributed by atoms with Gasteiger partial charge in [-0.1, -0.05) is 59.6 Å². The maximum absolute atomic E-state index is 5.99. The largest absolute Gasteiger partial charge is 0.359 e. The van der Waals surface area contributed by atoms with Crippen molar-refractivity contribution in [2.75, 3.05) is 0 Å². The van der Waals surface area contributed by atoms with Gasteiger partial charge in [0.2, 0.25) is 0 Å². The van der Waals surface area contributed by atoms with Crippen LogP contribution in [0, 0.1) is 13.2 Å². The van der Waals surface area contributed by atoms with Gasteiger partial charge in [0.05, 0.1) is 0 Å². The second-order valence-electron chi connectivity index (χ2n) is 3.41. The molecule has 0 spiro atoms. The molecule has 17 heavy (non-hydrogen) atoms. The Bertz CT molecular complexity index is 452. The molecule has 0 unspecified atom stereocenters. The zero-order valence-corrected chi connectivity index (χ0v) is 10.4. The van der Waals surface area contributed by atoms with Crippen molar-refractivity contribution in [1.82, 2.24) is 0 Å². The standard InChI is InChI=1S/C14H10Cl2O/c15-13-7-3-1-5-11(13)9-17-10-12-6-2-4-8-14(12)16/h1-10H. The van der Waals surface area contributed by atoms with Crippen LogP contribution in [-0.4, -0.2) is 0 Å². The molecule has 0 saturated heterocycles. The molecule has 0 amide bonds. The Hall–Kier alpha value is -1.02. The molecule has 2 rings (SSSR count). The zero-order valence-electron chi connectivity index (χ0n) is 8.94. The Morgan fingerprint density at radius 2 is 1.12 bits per heavy atom. The lowest BCUT2D eigenvalue weighted by atomic mass is 10.2. The van der Waals surface area contributed by atoms with Crippen molar-refractivity contribution in [1.29, 1.82) is 0 Å². The van der Waals surface area contributed by atoms with Crippen molar-refractivity contribution in [3.05, 3.63) is 82.9 Å². The highest BCUT2D eigenvalue weighted by atomic mass is 35.5. The van der Waals surface area contributed by atoms with Crippen LogP contribution in [0.4, 0.5) is 0 Å². The van der Waals surface area contributed by atoms with Gasteiger partial charge >= 0.3 is 0 Å². The molecule has 0 saturated carbocycles. The van der Waals surface area contributed by atoms with Crippen LogP contribution in [0.3, 0.4) is 0 Å². The van der Waals surface area contributed by atoms with E-state index < -0.39 is 0 Å². The van der Waals surface area contributed by atoms with Crippen molar-refractivity contribution in [2.45, 2.75) is 0 Å². The molecular weight excluding hydrogens is 255 g/mol. The maximum atomic E-state index is 5.99. The predicted octanol–water partition coefficient (Wildman–Crippen LogP) is 4.73. The Morgan fingerprint density at radius 3 is 1.53 bits per heavy atom. The fourth-order valence-electron chi connectivity index (χ4n) is 1.32. The maximum Gasteiger partial charge on any atom is 0.115 e. The van der Waals surface area contributed by atoms with E-state index in [-0.39, 0.29) is 0 Å². The van der Waals surface area contributed by atoms with Crippen LogP contribution in [0.15, 0.2) is 48.5 Å². The van der Waals surface area contributed by atoms with Gasteiger partial charge in [0.1, 0.15) is 13.2 Å². The first-order valence-corrected chi connectivity index (χ1v) is 5.84. The Labute approximate surface area is 111 Å². The molecule has 86 valence electrons. The number of hydrogen-bond acceptors (Lipinski definition) is 1. The second kappa shape index (κ2) is 6.06. The minimum Gasteiger partial charge on any atom is -0.359 e. The summed E-state index contributed by atoms with van der Waals surface area (Å²) < 4.78 is 5.35. The topological polar surface area (TPSA) is 9.23 Å². The van der Waals surface area contributed by atoms with E-state index in [1.807, 2.05) is 48.5 Å². The van der Waals surface area contributed by atoms with Crippen molar-refractivity contribution in [3.8, 4) is 0 Å². The van der Waals surface area contributed by atoms with E-state index in [0.717, 1.165) is 11.1 Å². The molecule has 0 N–H and O–H groups in total. The first-order chi connectivity index (χ1) is 8.27. The van der Waals surface area contributed by atoms with Crippen LogP contribution in [0.5, 0.6) is 0 Å². The average molecular weight is 265 g/mol. The zero-order chi connectivity index (χ0) is 12.1. The molecule has 0 atom stereocenters. The monoisotopic (exact) mass is 264 g/mol. The summed E-state index contributed by atoms with van der Waals surface area (Å²) in [5.74, 6) is 0. The first-order valence-electron chi connectivity index (χ1n) is 5.08. The highest BCUT2D eigenvalue weighted by Gasteiger charge is 2.02. The molecule has 0 aliphatic heterocycles. The van der Waals surface area contributed by atoms with Gasteiger partial charge < -0.3 is 4.74 Å². The lowest BCUT2D eigenvalue weighted by molar-refractivity contribution is 0.307. The second-order valence-corrected chi connectivity index (χ2v) is 4.23. The fourth-order valence-corrected chi connectivity index (χ4v) is 1.68. The Morgan fingerprint density at radius 1 is 0.706 bits per heavy atom. The third kappa shape index (κ3) is 3.47. The minimum atomic E-state index is 0.653. The van der Waals surface area contributed by atoms with E-state index in [2.05, 4.69) is 0 Å². The predicted molar refractivity (Wildman–Crippen MR) is 70.8 cm³/mol. The molecule has 0 fully saturated rings. The van der Waals surface area contributed by atoms with Crippen LogP contribution in [-0.2, 0) is 4.74 Å². The van der Waals surface area contributed by atoms with Gasteiger partial charge in [-0.05, 0) is 12.1 Å². The van der Waals surface area contributed by atoms with E-state index >= 15 is 0 Å². The SMILES string of the molecule is Clc1ccccc1[CH]O[CH]c1ccccc1Cl. The van der Waals surface area contributed by atoms with E-state index in [4.69, 9.17) is 27.9 Å². The van der Waals surface area contributed by atoms with Crippen molar-refractivity contribution in [3.63, 3.8) is 0 Å². The summed E-state index contributed by atoms with van der Waals surface area (Å²) in [4.78, 5) is 0. The van der Waals surface area contributed by atoms with E-state index in [0.29, 0.717) is 10.0 Å². The molecular formula is C14H10Cl2O. The molecule has 0 bridgehead atoms. The van der Waals surface area contributed by atoms with Gasteiger partial charge in [-0.25, -0.2) is 0 Å². The first kappa shape index (κ1) is 12.4. The lowest BCUT2D eigenvalue weighted by Crippen LogP contribution is -1.91. The van der Waals surface area contributed by atoms with Gasteiger partial charge in [0, 0.05) is 21.2 Å². The summed E-state index contributed by atoms with van der Waals surface area (Å²) in [6.45, 7) is 3.18. The van der Waals surface area contributed by atoms with E-state index in [1.54, 1.807) is 13.2 Å². The highest BCUT2D eigenvalue weighted by molar-refractivity contribution is 6.31. The fraction of sp³-hybridized carbons (Fsp3) is 0. The molecule has 2 aromatic rings. The molecule has 0 aliphatic rings. The van der Waals surface area contributed by atoms with Crippen molar-refractivity contribution >= 4 is 23.2 Å². The van der Waals surface area contributed by atoms with Gasteiger partial charge in [0.15, 0.2) is 0 Å². The van der Waals surface area contributed by atoms with Crippen LogP contribution in [0.1, 0.15) is 11.1 Å². The molecule has 0 aromatic heterocycles. The Balaban J connectivity index is 1.93. The Kier molecular flexibility index (Phi) is 4.43. The summed E-state index contributed by atoms with van der Waals surface area (Å²) in [7, 11) is 0. The quantitative estimate of drug-likeness (QED) is 0.776. The van der Waals surface area contributed by atoms with Crippen molar-refractivity contribution < 1.29 is 4.74 Å². The molecule has 0 aliphatic carbocycles. The summed E-state index contributed by atoms with van der Waals surface area (Å²) in [6.07, 6.45) is 0. The third-order valence-corrected chi connectivity index (χ3v) is 2.89. The summed E-state index contributed by atoms with van der Waals surface area (Å²) >= 11 is 12.0. The van der Waals surface area contributed by atoms with Gasteiger partial charge in [-0.15, -0.1) is 0 Å². The smallest absolute Gasteiger partial charge is 0.115 e. The minimum absolute atomic E-state index is 0.653. The molecule has 1 nitrogen and oxygen atoms in total. The summed E-state index contributed by atoms with van der Waals surface area (Å²) in [5.41, 5.74) is 1.66. The third-order valence-electron chi connectivity index (χ3n) is 2.20. The van der Waals surface area contributed by atoms with Crippen molar-refractivity contribution in [2.24, 2.45) is 0 Å². The number of halogens is 2. The molecule has 2 aromatic carbocycles. The number of benzene rings is 2. The van der Waals surface area contributed by atoms with Crippen LogP contribution >= 0.6 is 23.2 Å². The van der Waals surface area contributed by atoms with Crippen LogP contribution in [0.25, 0.3) is 0 Å². The molecule has 2 radical (unpaired) electrons.